The number of allylic oxidation sites excluding steroid dienone is 1. The molecular formula is C36H51NO10. The molecule has 0 aliphatic carbocycles. The van der Waals surface area contributed by atoms with E-state index in [2.05, 4.69) is 18.2 Å². The monoisotopic (exact) mass is 657 g/mol. The summed E-state index contributed by atoms with van der Waals surface area (Å²) in [6.07, 6.45) is 17.7. The Morgan fingerprint density at radius 1 is 0.915 bits per heavy atom. The molecule has 5 N–H and O–H groups in total. The second kappa shape index (κ2) is 23.2. The van der Waals surface area contributed by atoms with Crippen LogP contribution < -0.4 is 10.1 Å². The number of Topliss-reactive ketones (excluding diaryl/α,β-unsaturated/α-hetero) is 1. The first-order chi connectivity index (χ1) is 22.4. The molecule has 0 saturated heterocycles. The van der Waals surface area contributed by atoms with Gasteiger partial charge in [-0.15, -0.1) is 12.3 Å². The first-order valence-corrected chi connectivity index (χ1v) is 16.5. The number of hydrogen-bond acceptors (Lipinski definition) is 7. The van der Waals surface area contributed by atoms with Gasteiger partial charge in [-0.1, -0.05) is 69.7 Å². The highest BCUT2D eigenvalue weighted by Gasteiger charge is 2.49. The summed E-state index contributed by atoms with van der Waals surface area (Å²) in [5, 5.41) is 42.0. The second-order valence-corrected chi connectivity index (χ2v) is 11.8. The van der Waals surface area contributed by atoms with Gasteiger partial charge in [0.1, 0.15) is 17.6 Å². The van der Waals surface area contributed by atoms with Crippen LogP contribution in [0.3, 0.4) is 0 Å². The summed E-state index contributed by atoms with van der Waals surface area (Å²) in [5.41, 5.74) is -2.49. The molecule has 0 saturated carbocycles. The SMILES string of the molecule is C#CCCCOc1ccc(C[C@H](NC(=O)[C@H](/C=C/CCCCCCC(=O)CCCCCCC)[C@@](O)(CC(=O)O)C(=O)O)C(=O)O)cc1. The number of amides is 1. The number of terminal acetylenes is 1. The van der Waals surface area contributed by atoms with Gasteiger partial charge in [-0.2, -0.15) is 0 Å². The number of ketones is 1. The largest absolute Gasteiger partial charge is 0.494 e. The minimum atomic E-state index is -3.02. The van der Waals surface area contributed by atoms with Crippen molar-refractivity contribution in [2.45, 2.75) is 121 Å². The van der Waals surface area contributed by atoms with Crippen LogP contribution in [0.4, 0.5) is 0 Å². The fourth-order valence-electron chi connectivity index (χ4n) is 5.02. The van der Waals surface area contributed by atoms with Crippen LogP contribution in [0.2, 0.25) is 0 Å². The number of carboxylic acid groups (broad SMARTS) is 3. The lowest BCUT2D eigenvalue weighted by atomic mass is 9.82. The van der Waals surface area contributed by atoms with Crippen LogP contribution in [0.15, 0.2) is 36.4 Å². The molecule has 1 rings (SSSR count). The summed E-state index contributed by atoms with van der Waals surface area (Å²) in [5.74, 6) is -4.66. The van der Waals surface area contributed by atoms with Gasteiger partial charge in [0.25, 0.3) is 0 Å². The zero-order valence-corrected chi connectivity index (χ0v) is 27.5. The molecule has 3 atom stereocenters. The van der Waals surface area contributed by atoms with Crippen LogP contribution in [0, 0.1) is 18.3 Å². The average Bonchev–Trinajstić information content (AvgIpc) is 3.02. The van der Waals surface area contributed by atoms with Crippen LogP contribution in [0.1, 0.15) is 109 Å². The van der Waals surface area contributed by atoms with Crippen molar-refractivity contribution in [2.24, 2.45) is 5.92 Å². The standard InChI is InChI=1S/C36H51NO10/c1-3-5-7-10-13-17-28(38)18-14-11-8-9-12-15-19-30(36(46,35(44)45)26-32(39)40)33(41)37-31(34(42)43)25-27-20-22-29(23-21-27)47-24-16-6-4-2/h2,15,19-23,30-31,46H,3,5-14,16-18,24-26H2,1H3,(H,37,41)(H,39,40)(H,42,43)(H,44,45)/b19-15+/t30-,31-,36-/m0/s1. The molecule has 0 fully saturated rings. The van der Waals surface area contributed by atoms with Crippen molar-refractivity contribution in [3.8, 4) is 18.1 Å². The third-order valence-electron chi connectivity index (χ3n) is 7.76. The van der Waals surface area contributed by atoms with Crippen molar-refractivity contribution in [2.75, 3.05) is 6.61 Å². The lowest BCUT2D eigenvalue weighted by Crippen LogP contribution is -2.55. The Morgan fingerprint density at radius 3 is 2.09 bits per heavy atom. The summed E-state index contributed by atoms with van der Waals surface area (Å²) in [6, 6.07) is 5.03. The zero-order chi connectivity index (χ0) is 35.1. The molecule has 11 heteroatoms. The molecule has 0 spiro atoms. The van der Waals surface area contributed by atoms with Crippen molar-refractivity contribution >= 4 is 29.6 Å². The lowest BCUT2D eigenvalue weighted by molar-refractivity contribution is -0.172. The molecule has 0 bridgehead atoms. The van der Waals surface area contributed by atoms with Crippen molar-refractivity contribution in [3.63, 3.8) is 0 Å². The number of carbonyl (C=O) groups excluding carboxylic acids is 2. The Kier molecular flexibility index (Phi) is 20.2. The fourth-order valence-corrected chi connectivity index (χ4v) is 5.02. The van der Waals surface area contributed by atoms with E-state index >= 15 is 0 Å². The van der Waals surface area contributed by atoms with Gasteiger partial charge in [-0.25, -0.2) is 9.59 Å². The molecule has 47 heavy (non-hydrogen) atoms. The van der Waals surface area contributed by atoms with Crippen molar-refractivity contribution in [3.05, 3.63) is 42.0 Å². The summed E-state index contributed by atoms with van der Waals surface area (Å²) in [4.78, 5) is 60.9. The Hall–Kier alpha value is -4.17. The van der Waals surface area contributed by atoms with Gasteiger partial charge in [0, 0.05) is 25.7 Å². The molecule has 11 nitrogen and oxygen atoms in total. The average molecular weight is 658 g/mol. The van der Waals surface area contributed by atoms with E-state index in [4.69, 9.17) is 11.2 Å². The number of aliphatic carboxylic acids is 3. The summed E-state index contributed by atoms with van der Waals surface area (Å²) in [7, 11) is 0. The van der Waals surface area contributed by atoms with Crippen LogP contribution in [0.5, 0.6) is 5.75 Å². The smallest absolute Gasteiger partial charge is 0.337 e. The highest BCUT2D eigenvalue weighted by atomic mass is 16.5. The summed E-state index contributed by atoms with van der Waals surface area (Å²) >= 11 is 0. The molecular weight excluding hydrogens is 606 g/mol. The molecule has 1 amide bonds. The van der Waals surface area contributed by atoms with Crippen LogP contribution >= 0.6 is 0 Å². The van der Waals surface area contributed by atoms with Gasteiger partial charge in [-0.3, -0.25) is 14.4 Å². The van der Waals surface area contributed by atoms with Crippen LogP contribution in [-0.2, 0) is 30.4 Å². The summed E-state index contributed by atoms with van der Waals surface area (Å²) in [6.45, 7) is 2.56. The number of rotatable bonds is 27. The fraction of sp³-hybridized carbons (Fsp3) is 0.583. The van der Waals surface area contributed by atoms with E-state index in [1.165, 1.54) is 12.5 Å². The van der Waals surface area contributed by atoms with Crippen LogP contribution in [-0.4, -0.2) is 68.3 Å². The normalized spacial score (nSPS) is 13.6. The molecule has 260 valence electrons. The number of nitrogens with one attached hydrogen (secondary N) is 1. The number of hydrogen-bond donors (Lipinski definition) is 5. The maximum absolute atomic E-state index is 13.3. The quantitative estimate of drug-likeness (QED) is 0.0470. The molecule has 1 aromatic carbocycles. The van der Waals surface area contributed by atoms with Gasteiger partial charge in [-0.05, 0) is 49.8 Å². The Bertz CT molecular complexity index is 1200. The van der Waals surface area contributed by atoms with E-state index < -0.39 is 47.8 Å². The number of carboxylic acids is 3. The Morgan fingerprint density at radius 2 is 1.53 bits per heavy atom. The molecule has 0 heterocycles. The molecule has 0 aromatic heterocycles. The van der Waals surface area contributed by atoms with Gasteiger partial charge in [0.15, 0.2) is 5.60 Å². The third kappa shape index (κ3) is 16.8. The highest BCUT2D eigenvalue weighted by molar-refractivity contribution is 5.94. The minimum absolute atomic E-state index is 0.166. The van der Waals surface area contributed by atoms with E-state index in [-0.39, 0.29) is 12.2 Å². The van der Waals surface area contributed by atoms with E-state index in [1.807, 2.05) is 0 Å². The molecule has 0 aliphatic heterocycles. The Balaban J connectivity index is 2.82. The molecule has 0 radical (unpaired) electrons. The topological polar surface area (TPSA) is 188 Å². The molecule has 0 unspecified atom stereocenters. The molecule has 1 aromatic rings. The van der Waals surface area contributed by atoms with E-state index in [9.17, 15) is 44.4 Å². The maximum Gasteiger partial charge on any atom is 0.337 e. The molecule has 0 aliphatic rings. The second-order valence-electron chi connectivity index (χ2n) is 11.8. The van der Waals surface area contributed by atoms with Gasteiger partial charge in [0.2, 0.25) is 5.91 Å². The first-order valence-electron chi connectivity index (χ1n) is 16.5. The van der Waals surface area contributed by atoms with Gasteiger partial charge < -0.3 is 30.5 Å². The highest BCUT2D eigenvalue weighted by Crippen LogP contribution is 2.26. The predicted octanol–water partition coefficient (Wildman–Crippen LogP) is 5.32. The van der Waals surface area contributed by atoms with Crippen molar-refractivity contribution in [1.82, 2.24) is 5.32 Å². The number of ether oxygens (including phenoxy) is 1. The van der Waals surface area contributed by atoms with Crippen molar-refractivity contribution < 1.29 is 49.1 Å². The van der Waals surface area contributed by atoms with E-state index in [0.29, 0.717) is 56.4 Å². The lowest BCUT2D eigenvalue weighted by Gasteiger charge is -2.29. The predicted molar refractivity (Wildman–Crippen MR) is 177 cm³/mol. The van der Waals surface area contributed by atoms with E-state index in [1.54, 1.807) is 24.3 Å². The number of carbonyl (C=O) groups is 5. The van der Waals surface area contributed by atoms with Crippen LogP contribution in [0.25, 0.3) is 0 Å². The van der Waals surface area contributed by atoms with Gasteiger partial charge in [0.05, 0.1) is 18.9 Å². The van der Waals surface area contributed by atoms with Crippen molar-refractivity contribution in [1.29, 1.82) is 0 Å². The number of aliphatic hydroxyl groups is 1. The van der Waals surface area contributed by atoms with E-state index in [0.717, 1.165) is 51.0 Å². The number of benzene rings is 1. The number of unbranched alkanes of at least 4 members (excludes halogenated alkanes) is 9. The zero-order valence-electron chi connectivity index (χ0n) is 27.5. The minimum Gasteiger partial charge on any atom is -0.494 e. The summed E-state index contributed by atoms with van der Waals surface area (Å²) < 4.78 is 5.58. The van der Waals surface area contributed by atoms with Gasteiger partial charge >= 0.3 is 17.9 Å². The third-order valence-corrected chi connectivity index (χ3v) is 7.76. The maximum atomic E-state index is 13.3. The first kappa shape index (κ1) is 40.9. The Labute approximate surface area is 277 Å².